The van der Waals surface area contributed by atoms with E-state index in [4.69, 9.17) is 10.5 Å². The molecule has 3 N–H and O–H groups in total. The Kier molecular flexibility index (Phi) is 6.21. The highest BCUT2D eigenvalue weighted by molar-refractivity contribution is 9.10. The average molecular weight is 355 g/mol. The predicted molar refractivity (Wildman–Crippen MR) is 87.0 cm³/mol. The fourth-order valence-electron chi connectivity index (χ4n) is 2.65. The lowest BCUT2D eigenvalue weighted by Gasteiger charge is -2.27. The van der Waals surface area contributed by atoms with Crippen LogP contribution in [-0.4, -0.2) is 31.2 Å². The lowest BCUT2D eigenvalue weighted by atomic mass is 9.91. The van der Waals surface area contributed by atoms with Crippen molar-refractivity contribution in [3.8, 4) is 0 Å². The first kappa shape index (κ1) is 16.5. The fraction of sp³-hybridized carbons (Fsp3) is 0.562. The van der Waals surface area contributed by atoms with E-state index in [1.54, 1.807) is 0 Å². The average Bonchev–Trinajstić information content (AvgIpc) is 2.49. The predicted octanol–water partition coefficient (Wildman–Crippen LogP) is 2.25. The van der Waals surface area contributed by atoms with E-state index in [9.17, 15) is 4.79 Å². The monoisotopic (exact) mass is 354 g/mol. The Bertz CT molecular complexity index is 458. The number of hydrogen-bond donors (Lipinski definition) is 2. The molecule has 0 spiro atoms. The van der Waals surface area contributed by atoms with Gasteiger partial charge in [0.1, 0.15) is 0 Å². The van der Waals surface area contributed by atoms with E-state index < -0.39 is 6.04 Å². The number of hydrogen-bond acceptors (Lipinski definition) is 3. The van der Waals surface area contributed by atoms with Crippen molar-refractivity contribution in [3.63, 3.8) is 0 Å². The molecule has 1 aliphatic rings. The third kappa shape index (κ3) is 5.09. The molecule has 1 amide bonds. The molecule has 0 bridgehead atoms. The quantitative estimate of drug-likeness (QED) is 0.852. The van der Waals surface area contributed by atoms with Crippen molar-refractivity contribution in [2.75, 3.05) is 13.2 Å². The highest BCUT2D eigenvalue weighted by Gasteiger charge is 2.27. The molecular formula is C16H23BrN2O2. The van der Waals surface area contributed by atoms with Gasteiger partial charge in [-0.1, -0.05) is 28.1 Å². The van der Waals surface area contributed by atoms with Crippen molar-refractivity contribution in [1.29, 1.82) is 0 Å². The summed E-state index contributed by atoms with van der Waals surface area (Å²) in [5, 5.41) is 3.02. The van der Waals surface area contributed by atoms with Crippen LogP contribution in [0.4, 0.5) is 0 Å². The van der Waals surface area contributed by atoms with Crippen LogP contribution in [0.5, 0.6) is 0 Å². The molecule has 116 valence electrons. The number of carbonyl (C=O) groups excluding carboxylic acids is 1. The second-order valence-electron chi connectivity index (χ2n) is 5.72. The van der Waals surface area contributed by atoms with Gasteiger partial charge in [0.25, 0.3) is 0 Å². The maximum Gasteiger partial charge on any atom is 0.237 e. The van der Waals surface area contributed by atoms with Gasteiger partial charge in [-0.15, -0.1) is 0 Å². The van der Waals surface area contributed by atoms with Gasteiger partial charge in [0.15, 0.2) is 0 Å². The second-order valence-corrected chi connectivity index (χ2v) is 6.63. The number of nitrogens with one attached hydrogen (secondary N) is 1. The molecule has 5 heteroatoms. The molecule has 1 fully saturated rings. The molecule has 1 aromatic rings. The standard InChI is InChI=1S/C16H23BrN2O2/c1-11(10-12-2-4-14(17)5-3-12)19-16(20)15(18)13-6-8-21-9-7-13/h2-5,11,13,15H,6-10,18H2,1H3,(H,19,20). The first-order valence-corrected chi connectivity index (χ1v) is 8.23. The molecule has 2 unspecified atom stereocenters. The molecule has 1 aliphatic heterocycles. The largest absolute Gasteiger partial charge is 0.381 e. The number of carbonyl (C=O) groups is 1. The molecule has 0 aliphatic carbocycles. The molecule has 2 rings (SSSR count). The zero-order valence-electron chi connectivity index (χ0n) is 12.3. The van der Waals surface area contributed by atoms with Gasteiger partial charge in [-0.25, -0.2) is 0 Å². The number of nitrogens with two attached hydrogens (primary N) is 1. The zero-order chi connectivity index (χ0) is 15.2. The molecule has 4 nitrogen and oxygen atoms in total. The molecule has 1 saturated heterocycles. The third-order valence-corrected chi connectivity index (χ3v) is 4.45. The van der Waals surface area contributed by atoms with Crippen LogP contribution in [-0.2, 0) is 16.0 Å². The summed E-state index contributed by atoms with van der Waals surface area (Å²) in [4.78, 5) is 12.2. The summed E-state index contributed by atoms with van der Waals surface area (Å²) in [6.45, 7) is 3.43. The number of halogens is 1. The van der Waals surface area contributed by atoms with Gasteiger partial charge < -0.3 is 15.8 Å². The molecule has 0 radical (unpaired) electrons. The van der Waals surface area contributed by atoms with Crippen LogP contribution in [0.15, 0.2) is 28.7 Å². The Morgan fingerprint density at radius 1 is 1.38 bits per heavy atom. The van der Waals surface area contributed by atoms with Crippen molar-refractivity contribution in [1.82, 2.24) is 5.32 Å². The van der Waals surface area contributed by atoms with E-state index in [0.29, 0.717) is 13.2 Å². The van der Waals surface area contributed by atoms with E-state index in [2.05, 4.69) is 33.4 Å². The van der Waals surface area contributed by atoms with Gasteiger partial charge in [-0.2, -0.15) is 0 Å². The summed E-state index contributed by atoms with van der Waals surface area (Å²) in [5.41, 5.74) is 7.28. The van der Waals surface area contributed by atoms with Crippen molar-refractivity contribution >= 4 is 21.8 Å². The SMILES string of the molecule is CC(Cc1ccc(Br)cc1)NC(=O)C(N)C1CCOCC1. The topological polar surface area (TPSA) is 64.4 Å². The Morgan fingerprint density at radius 2 is 2.00 bits per heavy atom. The minimum Gasteiger partial charge on any atom is -0.381 e. The Morgan fingerprint density at radius 3 is 2.62 bits per heavy atom. The Balaban J connectivity index is 1.82. The molecule has 0 saturated carbocycles. The number of ether oxygens (including phenoxy) is 1. The minimum absolute atomic E-state index is 0.0495. The molecule has 1 heterocycles. The van der Waals surface area contributed by atoms with Gasteiger partial charge in [-0.05, 0) is 49.8 Å². The Labute approximate surface area is 134 Å². The van der Waals surface area contributed by atoms with Gasteiger partial charge in [0, 0.05) is 23.7 Å². The van der Waals surface area contributed by atoms with Crippen molar-refractivity contribution in [3.05, 3.63) is 34.3 Å². The number of amides is 1. The Hall–Kier alpha value is -0.910. The second kappa shape index (κ2) is 7.92. The van der Waals surface area contributed by atoms with Crippen LogP contribution in [0.1, 0.15) is 25.3 Å². The van der Waals surface area contributed by atoms with Crippen LogP contribution in [0.2, 0.25) is 0 Å². The summed E-state index contributed by atoms with van der Waals surface area (Å²) in [6, 6.07) is 7.79. The first-order chi connectivity index (χ1) is 10.1. The maximum absolute atomic E-state index is 12.2. The maximum atomic E-state index is 12.2. The van der Waals surface area contributed by atoms with Gasteiger partial charge >= 0.3 is 0 Å². The molecule has 1 aromatic carbocycles. The lowest BCUT2D eigenvalue weighted by molar-refractivity contribution is -0.124. The molecule has 21 heavy (non-hydrogen) atoms. The summed E-state index contributed by atoms with van der Waals surface area (Å²) in [7, 11) is 0. The highest BCUT2D eigenvalue weighted by Crippen LogP contribution is 2.18. The summed E-state index contributed by atoms with van der Waals surface area (Å²) < 4.78 is 6.37. The van der Waals surface area contributed by atoms with E-state index in [1.165, 1.54) is 5.56 Å². The number of rotatable bonds is 5. The minimum atomic E-state index is -0.429. The van der Waals surface area contributed by atoms with E-state index >= 15 is 0 Å². The summed E-state index contributed by atoms with van der Waals surface area (Å²) in [5.74, 6) is 0.185. The highest BCUT2D eigenvalue weighted by atomic mass is 79.9. The number of benzene rings is 1. The summed E-state index contributed by atoms with van der Waals surface area (Å²) >= 11 is 3.42. The van der Waals surface area contributed by atoms with Crippen LogP contribution in [0.3, 0.4) is 0 Å². The van der Waals surface area contributed by atoms with Gasteiger partial charge in [0.05, 0.1) is 6.04 Å². The smallest absolute Gasteiger partial charge is 0.237 e. The molecule has 2 atom stereocenters. The van der Waals surface area contributed by atoms with Crippen molar-refractivity contribution in [2.24, 2.45) is 11.7 Å². The normalized spacial score (nSPS) is 19.0. The first-order valence-electron chi connectivity index (χ1n) is 7.44. The van der Waals surface area contributed by atoms with Crippen LogP contribution in [0, 0.1) is 5.92 Å². The van der Waals surface area contributed by atoms with Gasteiger partial charge in [0.2, 0.25) is 5.91 Å². The molecular weight excluding hydrogens is 332 g/mol. The lowest BCUT2D eigenvalue weighted by Crippen LogP contribution is -2.49. The fourth-order valence-corrected chi connectivity index (χ4v) is 2.92. The van der Waals surface area contributed by atoms with Crippen molar-refractivity contribution < 1.29 is 9.53 Å². The van der Waals surface area contributed by atoms with Gasteiger partial charge in [-0.3, -0.25) is 4.79 Å². The van der Waals surface area contributed by atoms with Crippen LogP contribution < -0.4 is 11.1 Å². The van der Waals surface area contributed by atoms with E-state index in [1.807, 2.05) is 19.1 Å². The van der Waals surface area contributed by atoms with E-state index in [0.717, 1.165) is 23.7 Å². The van der Waals surface area contributed by atoms with Crippen LogP contribution >= 0.6 is 15.9 Å². The zero-order valence-corrected chi connectivity index (χ0v) is 13.9. The molecule has 0 aromatic heterocycles. The summed E-state index contributed by atoms with van der Waals surface area (Å²) in [6.07, 6.45) is 2.55. The van der Waals surface area contributed by atoms with E-state index in [-0.39, 0.29) is 17.9 Å². The van der Waals surface area contributed by atoms with Crippen molar-refractivity contribution in [2.45, 2.75) is 38.3 Å². The third-order valence-electron chi connectivity index (χ3n) is 3.92. The van der Waals surface area contributed by atoms with Crippen LogP contribution in [0.25, 0.3) is 0 Å².